The van der Waals surface area contributed by atoms with Crippen molar-refractivity contribution in [2.24, 2.45) is 59.2 Å². The van der Waals surface area contributed by atoms with Gasteiger partial charge in [0.2, 0.25) is 0 Å². The van der Waals surface area contributed by atoms with E-state index in [0.717, 1.165) is 65.8 Å². The average molecular weight is 471 g/mol. The standard InChI is InChI=1S/C33H58O/c1-6-13-23(2)25(4)20-26(5)29-19-12-14-24(3)33(31-18-11-10-17-30(29)31)32(21-28-22-34-28)27-15-8-7-9-16-27/h7-8,23-33H,6,9-22H2,1-5H3. The van der Waals surface area contributed by atoms with E-state index in [4.69, 9.17) is 4.74 Å². The van der Waals surface area contributed by atoms with Gasteiger partial charge in [0.25, 0.3) is 0 Å². The first kappa shape index (κ1) is 26.8. The van der Waals surface area contributed by atoms with Crippen molar-refractivity contribution in [2.75, 3.05) is 6.61 Å². The van der Waals surface area contributed by atoms with Gasteiger partial charge in [-0.15, -0.1) is 0 Å². The van der Waals surface area contributed by atoms with E-state index in [2.05, 4.69) is 46.8 Å². The van der Waals surface area contributed by atoms with E-state index < -0.39 is 0 Å². The van der Waals surface area contributed by atoms with Crippen molar-refractivity contribution >= 4 is 0 Å². The van der Waals surface area contributed by atoms with E-state index in [1.54, 1.807) is 0 Å². The van der Waals surface area contributed by atoms with E-state index >= 15 is 0 Å². The van der Waals surface area contributed by atoms with Crippen LogP contribution < -0.4 is 0 Å². The molecule has 3 aliphatic carbocycles. The zero-order valence-corrected chi connectivity index (χ0v) is 23.5. The molecule has 0 spiro atoms. The van der Waals surface area contributed by atoms with Gasteiger partial charge in [0.05, 0.1) is 12.7 Å². The first-order chi connectivity index (χ1) is 16.5. The summed E-state index contributed by atoms with van der Waals surface area (Å²) < 4.78 is 5.88. The van der Waals surface area contributed by atoms with Crippen molar-refractivity contribution in [3.63, 3.8) is 0 Å². The summed E-state index contributed by atoms with van der Waals surface area (Å²) in [7, 11) is 0. The molecule has 1 saturated heterocycles. The smallest absolute Gasteiger partial charge is 0.0812 e. The van der Waals surface area contributed by atoms with Gasteiger partial charge in [-0.2, -0.15) is 0 Å². The zero-order valence-electron chi connectivity index (χ0n) is 23.5. The first-order valence-corrected chi connectivity index (χ1v) is 15.8. The number of hydrogen-bond donors (Lipinski definition) is 0. The second-order valence-electron chi connectivity index (χ2n) is 13.6. The van der Waals surface area contributed by atoms with Crippen LogP contribution >= 0.6 is 0 Å². The quantitative estimate of drug-likeness (QED) is 0.229. The zero-order chi connectivity index (χ0) is 24.1. The minimum absolute atomic E-state index is 0.589. The predicted octanol–water partition coefficient (Wildman–Crippen LogP) is 9.71. The molecule has 0 aromatic rings. The second kappa shape index (κ2) is 12.8. The molecule has 0 N–H and O–H groups in total. The van der Waals surface area contributed by atoms with Gasteiger partial charge in [0, 0.05) is 0 Å². The third kappa shape index (κ3) is 6.72. The van der Waals surface area contributed by atoms with Gasteiger partial charge in [0.15, 0.2) is 0 Å². The maximum absolute atomic E-state index is 5.88. The monoisotopic (exact) mass is 470 g/mol. The average Bonchev–Trinajstić information content (AvgIpc) is 3.65. The van der Waals surface area contributed by atoms with Crippen molar-refractivity contribution in [3.8, 4) is 0 Å². The fraction of sp³-hybridized carbons (Fsp3) is 0.939. The summed E-state index contributed by atoms with van der Waals surface area (Å²) in [5.41, 5.74) is 0. The molecule has 11 atom stereocenters. The molecule has 2 saturated carbocycles. The maximum Gasteiger partial charge on any atom is 0.0812 e. The van der Waals surface area contributed by atoms with E-state index in [0.29, 0.717) is 6.10 Å². The van der Waals surface area contributed by atoms with Crippen molar-refractivity contribution in [3.05, 3.63) is 12.2 Å². The lowest BCUT2D eigenvalue weighted by Crippen LogP contribution is -2.44. The molecule has 1 heterocycles. The third-order valence-corrected chi connectivity index (χ3v) is 11.3. The van der Waals surface area contributed by atoms with Crippen molar-refractivity contribution in [1.29, 1.82) is 0 Å². The first-order valence-electron chi connectivity index (χ1n) is 15.8. The van der Waals surface area contributed by atoms with Gasteiger partial charge in [-0.05, 0) is 111 Å². The molecule has 34 heavy (non-hydrogen) atoms. The maximum atomic E-state index is 5.88. The summed E-state index contributed by atoms with van der Waals surface area (Å²) in [6, 6.07) is 0. The molecule has 1 aliphatic heterocycles. The van der Waals surface area contributed by atoms with Crippen LogP contribution in [0.3, 0.4) is 0 Å². The molecule has 0 bridgehead atoms. The molecule has 0 radical (unpaired) electrons. The van der Waals surface area contributed by atoms with Gasteiger partial charge in [-0.25, -0.2) is 0 Å². The molecule has 196 valence electrons. The van der Waals surface area contributed by atoms with Gasteiger partial charge >= 0.3 is 0 Å². The fourth-order valence-corrected chi connectivity index (χ4v) is 9.26. The predicted molar refractivity (Wildman–Crippen MR) is 147 cm³/mol. The Hall–Kier alpha value is -0.300. The van der Waals surface area contributed by atoms with Crippen LogP contribution in [0.4, 0.5) is 0 Å². The minimum atomic E-state index is 0.589. The molecule has 1 heteroatoms. The van der Waals surface area contributed by atoms with Crippen LogP contribution in [0.1, 0.15) is 125 Å². The Balaban J connectivity index is 1.55. The van der Waals surface area contributed by atoms with Gasteiger partial charge in [0.1, 0.15) is 0 Å². The molecule has 4 aliphatic rings. The Labute approximate surface area is 213 Å². The van der Waals surface area contributed by atoms with Crippen molar-refractivity contribution in [2.45, 2.75) is 131 Å². The minimum Gasteiger partial charge on any atom is -0.373 e. The lowest BCUT2D eigenvalue weighted by molar-refractivity contribution is -0.0184. The van der Waals surface area contributed by atoms with Crippen LogP contribution in [0.15, 0.2) is 12.2 Å². The van der Waals surface area contributed by atoms with E-state index in [9.17, 15) is 0 Å². The van der Waals surface area contributed by atoms with Crippen LogP contribution in [0.5, 0.6) is 0 Å². The lowest BCUT2D eigenvalue weighted by atomic mass is 9.54. The number of epoxide rings is 1. The van der Waals surface area contributed by atoms with Crippen LogP contribution in [-0.2, 0) is 4.74 Å². The highest BCUT2D eigenvalue weighted by Crippen LogP contribution is 2.54. The summed E-state index contributed by atoms with van der Waals surface area (Å²) in [4.78, 5) is 0. The normalized spacial score (nSPS) is 39.9. The van der Waals surface area contributed by atoms with E-state index in [1.165, 1.54) is 89.9 Å². The van der Waals surface area contributed by atoms with Crippen LogP contribution in [0, 0.1) is 59.2 Å². The highest BCUT2D eigenvalue weighted by Gasteiger charge is 2.47. The Morgan fingerprint density at radius 3 is 2.32 bits per heavy atom. The summed E-state index contributed by atoms with van der Waals surface area (Å²) in [5.74, 6) is 9.27. The molecule has 0 aromatic heterocycles. The SMILES string of the molecule is CCCC(C)C(C)CC(C)C1CCCC(C)C(C(CC2CO2)C2CC=CCC2)C2CCCCC12. The Bertz CT molecular complexity index is 620. The summed E-state index contributed by atoms with van der Waals surface area (Å²) in [6.07, 6.45) is 25.7. The Kier molecular flexibility index (Phi) is 10.1. The molecular formula is C33H58O. The molecule has 4 rings (SSSR count). The lowest BCUT2D eigenvalue weighted by Gasteiger charge is -2.51. The summed E-state index contributed by atoms with van der Waals surface area (Å²) >= 11 is 0. The second-order valence-corrected chi connectivity index (χ2v) is 13.6. The third-order valence-electron chi connectivity index (χ3n) is 11.3. The highest BCUT2D eigenvalue weighted by atomic mass is 16.6. The largest absolute Gasteiger partial charge is 0.373 e. The van der Waals surface area contributed by atoms with Crippen LogP contribution in [0.2, 0.25) is 0 Å². The number of rotatable bonds is 10. The molecule has 3 fully saturated rings. The van der Waals surface area contributed by atoms with E-state index in [1.807, 2.05) is 0 Å². The van der Waals surface area contributed by atoms with Crippen LogP contribution in [-0.4, -0.2) is 12.7 Å². The van der Waals surface area contributed by atoms with E-state index in [-0.39, 0.29) is 0 Å². The Morgan fingerprint density at radius 2 is 1.65 bits per heavy atom. The number of fused-ring (bicyclic) bond motifs is 1. The number of allylic oxidation sites excluding steroid dienone is 2. The summed E-state index contributed by atoms with van der Waals surface area (Å²) in [6.45, 7) is 13.8. The fourth-order valence-electron chi connectivity index (χ4n) is 9.26. The van der Waals surface area contributed by atoms with Crippen molar-refractivity contribution < 1.29 is 4.74 Å². The number of ether oxygens (including phenoxy) is 1. The Morgan fingerprint density at radius 1 is 0.882 bits per heavy atom. The van der Waals surface area contributed by atoms with Crippen molar-refractivity contribution in [1.82, 2.24) is 0 Å². The molecular weight excluding hydrogens is 412 g/mol. The van der Waals surface area contributed by atoms with Gasteiger partial charge in [-0.1, -0.05) is 85.3 Å². The van der Waals surface area contributed by atoms with Gasteiger partial charge in [-0.3, -0.25) is 0 Å². The summed E-state index contributed by atoms with van der Waals surface area (Å²) in [5, 5.41) is 0. The molecule has 11 unspecified atom stereocenters. The molecule has 0 amide bonds. The molecule has 1 nitrogen and oxygen atoms in total. The van der Waals surface area contributed by atoms with Crippen LogP contribution in [0.25, 0.3) is 0 Å². The topological polar surface area (TPSA) is 12.5 Å². The molecule has 0 aromatic carbocycles. The number of hydrogen-bond acceptors (Lipinski definition) is 1. The highest BCUT2D eigenvalue weighted by molar-refractivity contribution is 4.99. The van der Waals surface area contributed by atoms with Gasteiger partial charge < -0.3 is 4.74 Å².